The normalized spacial score (nSPS) is 10.5. The quantitative estimate of drug-likeness (QED) is 0.407. The lowest BCUT2D eigenvalue weighted by Gasteiger charge is -2.07. The standard InChI is InChI=1S/C22H17BrN4O4/c1-29-18-6-2-14(3-7-18)22-27-26-20(31-22)13-30-19-8-4-17(5-9-19)25-21(28)15-10-16(23)12-24-11-15/h2-12H,13H2,1H3,(H,25,28). The number of rotatable bonds is 7. The highest BCUT2D eigenvalue weighted by Gasteiger charge is 2.10. The molecule has 4 aromatic rings. The van der Waals surface area contributed by atoms with E-state index < -0.39 is 0 Å². The van der Waals surface area contributed by atoms with Gasteiger partial charge in [-0.15, -0.1) is 10.2 Å². The molecule has 0 unspecified atom stereocenters. The van der Waals surface area contributed by atoms with Gasteiger partial charge in [0.1, 0.15) is 11.5 Å². The number of pyridine rings is 1. The highest BCUT2D eigenvalue weighted by Crippen LogP contribution is 2.22. The molecule has 0 saturated heterocycles. The lowest BCUT2D eigenvalue weighted by molar-refractivity contribution is 0.102. The average Bonchev–Trinajstić information content (AvgIpc) is 3.28. The molecule has 0 radical (unpaired) electrons. The summed E-state index contributed by atoms with van der Waals surface area (Å²) in [6, 6.07) is 16.0. The number of benzene rings is 2. The minimum Gasteiger partial charge on any atom is -0.497 e. The Kier molecular flexibility index (Phi) is 6.23. The lowest BCUT2D eigenvalue weighted by Crippen LogP contribution is -2.12. The van der Waals surface area contributed by atoms with Crippen LogP contribution in [0.3, 0.4) is 0 Å². The van der Waals surface area contributed by atoms with Crippen molar-refractivity contribution in [1.82, 2.24) is 15.2 Å². The number of nitrogens with one attached hydrogen (secondary N) is 1. The molecule has 0 fully saturated rings. The fourth-order valence-electron chi connectivity index (χ4n) is 2.68. The van der Waals surface area contributed by atoms with Gasteiger partial charge in [-0.05, 0) is 70.5 Å². The Morgan fingerprint density at radius 2 is 1.77 bits per heavy atom. The highest BCUT2D eigenvalue weighted by atomic mass is 79.9. The number of anilines is 1. The summed E-state index contributed by atoms with van der Waals surface area (Å²) in [5.74, 6) is 1.86. The van der Waals surface area contributed by atoms with Gasteiger partial charge in [0.25, 0.3) is 11.8 Å². The van der Waals surface area contributed by atoms with Crippen molar-refractivity contribution in [2.45, 2.75) is 6.61 Å². The molecule has 8 nitrogen and oxygen atoms in total. The zero-order valence-corrected chi connectivity index (χ0v) is 18.0. The molecule has 0 bridgehead atoms. The van der Waals surface area contributed by atoms with Crippen LogP contribution in [0.15, 0.2) is 75.9 Å². The van der Waals surface area contributed by atoms with E-state index in [1.807, 2.05) is 24.3 Å². The molecule has 0 aliphatic carbocycles. The lowest BCUT2D eigenvalue weighted by atomic mass is 10.2. The van der Waals surface area contributed by atoms with Crippen LogP contribution in [0.25, 0.3) is 11.5 Å². The Labute approximate surface area is 186 Å². The van der Waals surface area contributed by atoms with Gasteiger partial charge in [0.05, 0.1) is 12.7 Å². The number of ether oxygens (including phenoxy) is 2. The van der Waals surface area contributed by atoms with Crippen LogP contribution < -0.4 is 14.8 Å². The summed E-state index contributed by atoms with van der Waals surface area (Å²) in [4.78, 5) is 16.3. The van der Waals surface area contributed by atoms with Crippen LogP contribution in [-0.4, -0.2) is 28.2 Å². The molecule has 156 valence electrons. The van der Waals surface area contributed by atoms with E-state index >= 15 is 0 Å². The van der Waals surface area contributed by atoms with Crippen molar-refractivity contribution < 1.29 is 18.7 Å². The first-order valence-electron chi connectivity index (χ1n) is 9.22. The molecule has 1 N–H and O–H groups in total. The van der Waals surface area contributed by atoms with E-state index in [4.69, 9.17) is 13.9 Å². The second-order valence-corrected chi connectivity index (χ2v) is 7.30. The van der Waals surface area contributed by atoms with Crippen molar-refractivity contribution in [3.63, 3.8) is 0 Å². The molecule has 2 aromatic heterocycles. The van der Waals surface area contributed by atoms with E-state index in [2.05, 4.69) is 36.4 Å². The van der Waals surface area contributed by atoms with Crippen LogP contribution in [0.5, 0.6) is 11.5 Å². The smallest absolute Gasteiger partial charge is 0.257 e. The third-order valence-corrected chi connectivity index (χ3v) is 4.68. The van der Waals surface area contributed by atoms with E-state index in [9.17, 15) is 4.79 Å². The number of carbonyl (C=O) groups is 1. The van der Waals surface area contributed by atoms with Crippen molar-refractivity contribution in [1.29, 1.82) is 0 Å². The summed E-state index contributed by atoms with van der Waals surface area (Å²) >= 11 is 3.30. The first kappa shape index (κ1) is 20.5. The summed E-state index contributed by atoms with van der Waals surface area (Å²) in [6.07, 6.45) is 3.12. The molecular formula is C22H17BrN4O4. The maximum atomic E-state index is 12.3. The predicted octanol–water partition coefficient (Wildman–Crippen LogP) is 4.73. The van der Waals surface area contributed by atoms with Crippen molar-refractivity contribution in [3.05, 3.63) is 82.9 Å². The number of hydrogen-bond acceptors (Lipinski definition) is 7. The van der Waals surface area contributed by atoms with Gasteiger partial charge in [-0.2, -0.15) is 0 Å². The maximum absolute atomic E-state index is 12.3. The number of halogens is 1. The molecule has 0 aliphatic heterocycles. The zero-order valence-electron chi connectivity index (χ0n) is 16.4. The van der Waals surface area contributed by atoms with Crippen molar-refractivity contribution in [2.75, 3.05) is 12.4 Å². The van der Waals surface area contributed by atoms with Crippen molar-refractivity contribution in [2.24, 2.45) is 0 Å². The number of aromatic nitrogens is 3. The molecule has 0 spiro atoms. The number of nitrogens with zero attached hydrogens (tertiary/aromatic N) is 3. The third-order valence-electron chi connectivity index (χ3n) is 4.25. The largest absolute Gasteiger partial charge is 0.497 e. The second-order valence-electron chi connectivity index (χ2n) is 6.39. The molecule has 2 aromatic carbocycles. The van der Waals surface area contributed by atoms with Gasteiger partial charge in [-0.1, -0.05) is 0 Å². The monoisotopic (exact) mass is 480 g/mol. The van der Waals surface area contributed by atoms with Gasteiger partial charge in [-0.3, -0.25) is 9.78 Å². The summed E-state index contributed by atoms with van der Waals surface area (Å²) < 4.78 is 17.2. The molecule has 0 saturated carbocycles. The first-order chi connectivity index (χ1) is 15.1. The van der Waals surface area contributed by atoms with E-state index in [1.165, 1.54) is 6.20 Å². The Morgan fingerprint density at radius 3 is 2.48 bits per heavy atom. The van der Waals surface area contributed by atoms with Crippen LogP contribution in [-0.2, 0) is 6.61 Å². The summed E-state index contributed by atoms with van der Waals surface area (Å²) in [5.41, 5.74) is 1.89. The SMILES string of the molecule is COc1ccc(-c2nnc(COc3ccc(NC(=O)c4cncc(Br)c4)cc3)o2)cc1. The van der Waals surface area contributed by atoms with E-state index in [1.54, 1.807) is 43.6 Å². The van der Waals surface area contributed by atoms with Gasteiger partial charge < -0.3 is 19.2 Å². The zero-order chi connectivity index (χ0) is 21.6. The molecule has 0 aliphatic rings. The van der Waals surface area contributed by atoms with E-state index in [0.29, 0.717) is 28.8 Å². The third kappa shape index (κ3) is 5.26. The number of amides is 1. The number of carbonyl (C=O) groups excluding carboxylic acids is 1. The Morgan fingerprint density at radius 1 is 1.03 bits per heavy atom. The molecule has 9 heteroatoms. The fourth-order valence-corrected chi connectivity index (χ4v) is 3.05. The maximum Gasteiger partial charge on any atom is 0.257 e. The molecule has 4 rings (SSSR count). The van der Waals surface area contributed by atoms with Crippen LogP contribution in [0.2, 0.25) is 0 Å². The summed E-state index contributed by atoms with van der Waals surface area (Å²) in [5, 5.41) is 10.9. The number of hydrogen-bond donors (Lipinski definition) is 1. The predicted molar refractivity (Wildman–Crippen MR) is 117 cm³/mol. The topological polar surface area (TPSA) is 99.4 Å². The molecule has 0 atom stereocenters. The second kappa shape index (κ2) is 9.40. The van der Waals surface area contributed by atoms with Crippen LogP contribution in [0.4, 0.5) is 5.69 Å². The molecule has 1 amide bonds. The Hall–Kier alpha value is -3.72. The van der Waals surface area contributed by atoms with Gasteiger partial charge in [-0.25, -0.2) is 0 Å². The Bertz CT molecular complexity index is 1180. The fraction of sp³-hybridized carbons (Fsp3) is 0.0909. The van der Waals surface area contributed by atoms with Crippen molar-refractivity contribution in [3.8, 4) is 23.0 Å². The van der Waals surface area contributed by atoms with Crippen LogP contribution in [0.1, 0.15) is 16.2 Å². The average molecular weight is 481 g/mol. The molecule has 31 heavy (non-hydrogen) atoms. The highest BCUT2D eigenvalue weighted by molar-refractivity contribution is 9.10. The minimum absolute atomic E-state index is 0.124. The first-order valence-corrected chi connectivity index (χ1v) is 10.0. The molecule has 2 heterocycles. The van der Waals surface area contributed by atoms with Gasteiger partial charge in [0.2, 0.25) is 5.89 Å². The van der Waals surface area contributed by atoms with Crippen LogP contribution >= 0.6 is 15.9 Å². The van der Waals surface area contributed by atoms with E-state index in [0.717, 1.165) is 15.8 Å². The summed E-state index contributed by atoms with van der Waals surface area (Å²) in [6.45, 7) is 0.124. The summed E-state index contributed by atoms with van der Waals surface area (Å²) in [7, 11) is 1.61. The van der Waals surface area contributed by atoms with E-state index in [-0.39, 0.29) is 12.5 Å². The number of methoxy groups -OCH3 is 1. The van der Waals surface area contributed by atoms with Crippen molar-refractivity contribution >= 4 is 27.5 Å². The van der Waals surface area contributed by atoms with Crippen LogP contribution in [0, 0.1) is 0 Å². The minimum atomic E-state index is -0.251. The van der Waals surface area contributed by atoms with Gasteiger partial charge >= 0.3 is 0 Å². The van der Waals surface area contributed by atoms with Gasteiger partial charge in [0.15, 0.2) is 6.61 Å². The van der Waals surface area contributed by atoms with Gasteiger partial charge in [0, 0.05) is 28.1 Å². The Balaban J connectivity index is 1.33. The molecular weight excluding hydrogens is 464 g/mol.